The molecule has 2 aromatic rings. The van der Waals surface area contributed by atoms with Crippen molar-refractivity contribution in [2.75, 3.05) is 11.6 Å². The fourth-order valence-electron chi connectivity index (χ4n) is 2.22. The molecular weight excluding hydrogens is 320 g/mol. The first-order chi connectivity index (χ1) is 10.6. The van der Waals surface area contributed by atoms with Gasteiger partial charge in [0.1, 0.15) is 5.58 Å². The van der Waals surface area contributed by atoms with Crippen LogP contribution in [0.1, 0.15) is 18.1 Å². The maximum atomic E-state index is 12.1. The molecule has 0 saturated heterocycles. The van der Waals surface area contributed by atoms with Crippen molar-refractivity contribution in [3.8, 4) is 0 Å². The minimum absolute atomic E-state index is 0.433. The first-order valence-electron chi connectivity index (χ1n) is 6.90. The van der Waals surface area contributed by atoms with Crippen molar-refractivity contribution in [1.82, 2.24) is 4.72 Å². The molecule has 1 aromatic carbocycles. The molecule has 1 amide bonds. The number of nitrogens with one attached hydrogen (secondary N) is 2. The van der Waals surface area contributed by atoms with Crippen LogP contribution in [0.5, 0.6) is 0 Å². The van der Waals surface area contributed by atoms with E-state index in [0.29, 0.717) is 22.2 Å². The summed E-state index contributed by atoms with van der Waals surface area (Å²) in [5.41, 5.74) is 1.96. The van der Waals surface area contributed by atoms with Crippen LogP contribution in [0.15, 0.2) is 27.4 Å². The summed E-state index contributed by atoms with van der Waals surface area (Å²) >= 11 is 0. The molecule has 1 heterocycles. The van der Waals surface area contributed by atoms with Gasteiger partial charge < -0.3 is 9.73 Å². The lowest BCUT2D eigenvalue weighted by molar-refractivity contribution is -0.117. The molecule has 1 aromatic heterocycles. The second-order valence-corrected chi connectivity index (χ2v) is 7.29. The highest BCUT2D eigenvalue weighted by Gasteiger charge is 2.18. The van der Waals surface area contributed by atoms with E-state index in [-0.39, 0.29) is 0 Å². The molecule has 0 aliphatic carbocycles. The molecule has 23 heavy (non-hydrogen) atoms. The Morgan fingerprint density at radius 1 is 1.17 bits per heavy atom. The average molecular weight is 338 g/mol. The van der Waals surface area contributed by atoms with Gasteiger partial charge in [-0.3, -0.25) is 4.79 Å². The summed E-state index contributed by atoms with van der Waals surface area (Å²) in [6.45, 7) is 4.98. The van der Waals surface area contributed by atoms with Crippen LogP contribution in [0, 0.1) is 13.8 Å². The topological polar surface area (TPSA) is 105 Å². The molecule has 0 saturated carbocycles. The first-order valence-corrected chi connectivity index (χ1v) is 8.79. The van der Waals surface area contributed by atoms with Crippen LogP contribution in [0.2, 0.25) is 0 Å². The number of benzene rings is 1. The van der Waals surface area contributed by atoms with E-state index in [9.17, 15) is 18.0 Å². The SMILES string of the molecule is Cc1cc2oc(=O)cc(C)c2cc1NC(=O)C(C)NS(C)(=O)=O. The van der Waals surface area contributed by atoms with Gasteiger partial charge in [0.05, 0.1) is 12.3 Å². The molecule has 0 fully saturated rings. The number of sulfonamides is 1. The van der Waals surface area contributed by atoms with Gasteiger partial charge in [-0.25, -0.2) is 17.9 Å². The van der Waals surface area contributed by atoms with Gasteiger partial charge in [-0.05, 0) is 44.0 Å². The summed E-state index contributed by atoms with van der Waals surface area (Å²) < 4.78 is 29.7. The van der Waals surface area contributed by atoms with E-state index in [1.165, 1.54) is 13.0 Å². The van der Waals surface area contributed by atoms with Crippen molar-refractivity contribution in [2.24, 2.45) is 0 Å². The van der Waals surface area contributed by atoms with Gasteiger partial charge in [-0.1, -0.05) is 0 Å². The zero-order valence-corrected chi connectivity index (χ0v) is 14.1. The Hall–Kier alpha value is -2.19. The highest BCUT2D eigenvalue weighted by molar-refractivity contribution is 7.88. The molecule has 0 spiro atoms. The third kappa shape index (κ3) is 4.17. The number of anilines is 1. The molecule has 0 aliphatic heterocycles. The van der Waals surface area contributed by atoms with Gasteiger partial charge in [0.2, 0.25) is 15.9 Å². The molecule has 8 heteroatoms. The normalized spacial score (nSPS) is 13.0. The quantitative estimate of drug-likeness (QED) is 0.817. The Balaban J connectivity index is 2.35. The van der Waals surface area contributed by atoms with Gasteiger partial charge in [-0.2, -0.15) is 0 Å². The minimum atomic E-state index is -3.48. The molecule has 0 aliphatic rings. The summed E-state index contributed by atoms with van der Waals surface area (Å²) in [5.74, 6) is -0.479. The monoisotopic (exact) mass is 338 g/mol. The second-order valence-electron chi connectivity index (χ2n) is 5.51. The third-order valence-corrected chi connectivity index (χ3v) is 4.12. The molecule has 0 radical (unpaired) electrons. The van der Waals surface area contributed by atoms with Gasteiger partial charge >= 0.3 is 5.63 Å². The standard InChI is InChI=1S/C15H18N2O5S/c1-8-6-14(18)22-13-5-9(2)12(7-11(8)13)16-15(19)10(3)17-23(4,20)21/h5-7,10,17H,1-4H3,(H,16,19). The van der Waals surface area contributed by atoms with Crippen molar-refractivity contribution in [2.45, 2.75) is 26.8 Å². The number of aryl methyl sites for hydroxylation is 2. The predicted molar refractivity (Wildman–Crippen MR) is 88.0 cm³/mol. The predicted octanol–water partition coefficient (Wildman–Crippen LogP) is 1.29. The Bertz CT molecular complexity index is 931. The van der Waals surface area contributed by atoms with Gasteiger partial charge in [0.15, 0.2) is 0 Å². The number of amides is 1. The molecule has 1 unspecified atom stereocenters. The van der Waals surface area contributed by atoms with Crippen molar-refractivity contribution in [3.05, 3.63) is 39.7 Å². The van der Waals surface area contributed by atoms with Crippen molar-refractivity contribution >= 4 is 32.6 Å². The Kier molecular flexibility index (Phi) is 4.58. The highest BCUT2D eigenvalue weighted by Crippen LogP contribution is 2.25. The van der Waals surface area contributed by atoms with E-state index in [4.69, 9.17) is 4.42 Å². The molecular formula is C15H18N2O5S. The highest BCUT2D eigenvalue weighted by atomic mass is 32.2. The van der Waals surface area contributed by atoms with E-state index in [0.717, 1.165) is 11.8 Å². The number of hydrogen-bond acceptors (Lipinski definition) is 5. The molecule has 0 bridgehead atoms. The van der Waals surface area contributed by atoms with E-state index >= 15 is 0 Å². The van der Waals surface area contributed by atoms with Crippen LogP contribution in [-0.2, 0) is 14.8 Å². The van der Waals surface area contributed by atoms with Crippen LogP contribution < -0.4 is 15.7 Å². The fraction of sp³-hybridized carbons (Fsp3) is 0.333. The number of carbonyl (C=O) groups is 1. The van der Waals surface area contributed by atoms with E-state index in [2.05, 4.69) is 10.0 Å². The van der Waals surface area contributed by atoms with Crippen LogP contribution in [0.4, 0.5) is 5.69 Å². The van der Waals surface area contributed by atoms with E-state index in [1.807, 2.05) is 0 Å². The largest absolute Gasteiger partial charge is 0.423 e. The Labute approximate surface area is 133 Å². The van der Waals surface area contributed by atoms with Crippen molar-refractivity contribution in [1.29, 1.82) is 0 Å². The number of hydrogen-bond donors (Lipinski definition) is 2. The lowest BCUT2D eigenvalue weighted by Crippen LogP contribution is -2.41. The van der Waals surface area contributed by atoms with Crippen LogP contribution in [-0.4, -0.2) is 26.6 Å². The third-order valence-electron chi connectivity index (χ3n) is 3.34. The molecule has 7 nitrogen and oxygen atoms in total. The summed E-state index contributed by atoms with van der Waals surface area (Å²) in [6.07, 6.45) is 0.990. The molecule has 2 N–H and O–H groups in total. The summed E-state index contributed by atoms with van der Waals surface area (Å²) in [6, 6.07) is 3.83. The first kappa shape index (κ1) is 17.2. The fourth-order valence-corrected chi connectivity index (χ4v) is 2.97. The van der Waals surface area contributed by atoms with Crippen LogP contribution >= 0.6 is 0 Å². The van der Waals surface area contributed by atoms with Crippen molar-refractivity contribution in [3.63, 3.8) is 0 Å². The van der Waals surface area contributed by atoms with Gasteiger partial charge in [0.25, 0.3) is 0 Å². The van der Waals surface area contributed by atoms with Gasteiger partial charge in [-0.15, -0.1) is 0 Å². The summed E-state index contributed by atoms with van der Waals surface area (Å²) in [7, 11) is -3.48. The molecule has 124 valence electrons. The van der Waals surface area contributed by atoms with E-state index in [1.54, 1.807) is 26.0 Å². The summed E-state index contributed by atoms with van der Waals surface area (Å²) in [4.78, 5) is 23.5. The van der Waals surface area contributed by atoms with Crippen LogP contribution in [0.3, 0.4) is 0 Å². The van der Waals surface area contributed by atoms with Gasteiger partial charge in [0, 0.05) is 17.1 Å². The van der Waals surface area contributed by atoms with Crippen LogP contribution in [0.25, 0.3) is 11.0 Å². The van der Waals surface area contributed by atoms with E-state index < -0.39 is 27.6 Å². The Morgan fingerprint density at radius 3 is 2.43 bits per heavy atom. The number of rotatable bonds is 4. The average Bonchev–Trinajstić information content (AvgIpc) is 2.38. The zero-order chi connectivity index (χ0) is 17.4. The number of fused-ring (bicyclic) bond motifs is 1. The maximum absolute atomic E-state index is 12.1. The Morgan fingerprint density at radius 2 is 1.83 bits per heavy atom. The number of carbonyl (C=O) groups excluding carboxylic acids is 1. The zero-order valence-electron chi connectivity index (χ0n) is 13.3. The molecule has 2 rings (SSSR count). The smallest absolute Gasteiger partial charge is 0.336 e. The summed E-state index contributed by atoms with van der Waals surface area (Å²) in [5, 5.41) is 3.38. The lowest BCUT2D eigenvalue weighted by atomic mass is 10.1. The van der Waals surface area contributed by atoms with Crippen molar-refractivity contribution < 1.29 is 17.6 Å². The second kappa shape index (κ2) is 6.13. The molecule has 1 atom stereocenters. The maximum Gasteiger partial charge on any atom is 0.336 e. The lowest BCUT2D eigenvalue weighted by Gasteiger charge is -2.15. The minimum Gasteiger partial charge on any atom is -0.423 e.